The van der Waals surface area contributed by atoms with E-state index in [2.05, 4.69) is 37.3 Å². The Balaban J connectivity index is 3.21. The number of carbonyl (C=O) groups excluding carboxylic acids is 1. The first-order chi connectivity index (χ1) is 7.74. The van der Waals surface area contributed by atoms with Crippen molar-refractivity contribution in [1.29, 1.82) is 0 Å². The van der Waals surface area contributed by atoms with Gasteiger partial charge < -0.3 is 9.57 Å². The van der Waals surface area contributed by atoms with Gasteiger partial charge in [0.1, 0.15) is 7.11 Å². The Morgan fingerprint density at radius 2 is 2.06 bits per heavy atom. The molecule has 0 aliphatic carbocycles. The van der Waals surface area contributed by atoms with Crippen LogP contribution in [0.5, 0.6) is 0 Å². The van der Waals surface area contributed by atoms with Crippen LogP contribution in [0.4, 0.5) is 0 Å². The van der Waals surface area contributed by atoms with Gasteiger partial charge in [-0.1, -0.05) is 52.0 Å². The topological polar surface area (TPSA) is 47.9 Å². The first kappa shape index (κ1) is 13.0. The zero-order valence-electron chi connectivity index (χ0n) is 9.07. The molecule has 0 aliphatic rings. The molecule has 0 saturated carbocycles. The number of methoxy groups -OCH3 is 1. The van der Waals surface area contributed by atoms with Crippen molar-refractivity contribution in [2.24, 2.45) is 5.16 Å². The van der Waals surface area contributed by atoms with Crippen molar-refractivity contribution in [3.8, 4) is 0 Å². The van der Waals surface area contributed by atoms with E-state index in [1.165, 1.54) is 14.2 Å². The molecule has 0 aromatic heterocycles. The lowest BCUT2D eigenvalue weighted by Gasteiger charge is -2.07. The summed E-state index contributed by atoms with van der Waals surface area (Å²) in [6.07, 6.45) is 0. The summed E-state index contributed by atoms with van der Waals surface area (Å²) in [6.45, 7) is 0. The first-order valence-corrected chi connectivity index (χ1v) is 6.10. The maximum absolute atomic E-state index is 11.5. The number of halogens is 1. The van der Waals surface area contributed by atoms with Crippen molar-refractivity contribution in [2.45, 2.75) is 4.43 Å². The minimum absolute atomic E-state index is 0.192. The van der Waals surface area contributed by atoms with Crippen LogP contribution >= 0.6 is 22.6 Å². The lowest BCUT2D eigenvalue weighted by molar-refractivity contribution is -0.132. The lowest BCUT2D eigenvalue weighted by Crippen LogP contribution is -2.19. The normalized spacial score (nSPS) is 11.1. The van der Waals surface area contributed by atoms with E-state index in [-0.39, 0.29) is 5.71 Å². The Bertz CT molecular complexity index is 404. The number of alkyl halides is 1. The molecule has 0 bridgehead atoms. The van der Waals surface area contributed by atoms with Crippen molar-refractivity contribution in [3.05, 3.63) is 35.4 Å². The van der Waals surface area contributed by atoms with Crippen molar-refractivity contribution in [1.82, 2.24) is 0 Å². The van der Waals surface area contributed by atoms with Gasteiger partial charge in [0.25, 0.3) is 0 Å². The molecule has 0 N–H and O–H groups in total. The lowest BCUT2D eigenvalue weighted by atomic mass is 10.0. The quantitative estimate of drug-likeness (QED) is 0.279. The van der Waals surface area contributed by atoms with Crippen LogP contribution in [0, 0.1) is 0 Å². The van der Waals surface area contributed by atoms with Crippen molar-refractivity contribution < 1.29 is 14.4 Å². The number of esters is 1. The molecule has 0 heterocycles. The molecular weight excluding hydrogens is 321 g/mol. The van der Waals surface area contributed by atoms with Gasteiger partial charge in [-0.3, -0.25) is 0 Å². The van der Waals surface area contributed by atoms with Gasteiger partial charge in [0.15, 0.2) is 5.71 Å². The number of carbonyl (C=O) groups is 1. The number of oxime groups is 1. The second-order valence-corrected chi connectivity index (χ2v) is 3.67. The monoisotopic (exact) mass is 333 g/mol. The fourth-order valence-corrected chi connectivity index (χ4v) is 1.92. The highest BCUT2D eigenvalue weighted by molar-refractivity contribution is 14.1. The molecule has 16 heavy (non-hydrogen) atoms. The molecule has 86 valence electrons. The molecule has 0 unspecified atom stereocenters. The van der Waals surface area contributed by atoms with E-state index in [4.69, 9.17) is 0 Å². The SMILES string of the molecule is CO/N=C(/C(=O)OC)c1ccccc1CI. The average Bonchev–Trinajstić information content (AvgIpc) is 2.35. The van der Waals surface area contributed by atoms with Crippen molar-refractivity contribution >= 4 is 34.3 Å². The molecule has 0 aliphatic heterocycles. The van der Waals surface area contributed by atoms with E-state index in [1.54, 1.807) is 0 Å². The second-order valence-electron chi connectivity index (χ2n) is 2.90. The van der Waals surface area contributed by atoms with Crippen molar-refractivity contribution in [2.75, 3.05) is 14.2 Å². The van der Waals surface area contributed by atoms with Gasteiger partial charge in [0, 0.05) is 9.99 Å². The van der Waals surface area contributed by atoms with Gasteiger partial charge in [0.05, 0.1) is 7.11 Å². The highest BCUT2D eigenvalue weighted by Crippen LogP contribution is 2.14. The summed E-state index contributed by atoms with van der Waals surface area (Å²) >= 11 is 2.23. The first-order valence-electron chi connectivity index (χ1n) is 4.58. The highest BCUT2D eigenvalue weighted by Gasteiger charge is 2.18. The van der Waals surface area contributed by atoms with Gasteiger partial charge in [-0.25, -0.2) is 4.79 Å². The Labute approximate surface area is 108 Å². The molecule has 1 aromatic carbocycles. The van der Waals surface area contributed by atoms with Crippen LogP contribution in [0.3, 0.4) is 0 Å². The maximum atomic E-state index is 11.5. The maximum Gasteiger partial charge on any atom is 0.360 e. The largest absolute Gasteiger partial charge is 0.464 e. The standard InChI is InChI=1S/C11H12INO3/c1-15-11(14)10(13-16-2)9-6-4-3-5-8(9)7-12/h3-6H,7H2,1-2H3/b13-10+. The summed E-state index contributed by atoms with van der Waals surface area (Å²) in [7, 11) is 2.72. The predicted octanol–water partition coefficient (Wildman–Crippen LogP) is 2.15. The zero-order chi connectivity index (χ0) is 12.0. The van der Waals surface area contributed by atoms with Crippen LogP contribution in [0.2, 0.25) is 0 Å². The summed E-state index contributed by atoms with van der Waals surface area (Å²) in [4.78, 5) is 16.2. The Morgan fingerprint density at radius 3 is 2.62 bits per heavy atom. The summed E-state index contributed by atoms with van der Waals surface area (Å²) in [5.41, 5.74) is 1.95. The fraction of sp³-hybridized carbons (Fsp3) is 0.273. The molecule has 1 aromatic rings. The number of hydrogen-bond acceptors (Lipinski definition) is 4. The molecule has 0 radical (unpaired) electrons. The smallest absolute Gasteiger partial charge is 0.360 e. The highest BCUT2D eigenvalue weighted by atomic mass is 127. The van der Waals surface area contributed by atoms with E-state index in [0.29, 0.717) is 0 Å². The van der Waals surface area contributed by atoms with E-state index < -0.39 is 5.97 Å². The Hall–Kier alpha value is -1.11. The second kappa shape index (κ2) is 6.47. The van der Waals surface area contributed by atoms with E-state index in [1.807, 2.05) is 24.3 Å². The van der Waals surface area contributed by atoms with Gasteiger partial charge in [0.2, 0.25) is 0 Å². The minimum atomic E-state index is -0.501. The van der Waals surface area contributed by atoms with Gasteiger partial charge in [-0.2, -0.15) is 0 Å². The van der Waals surface area contributed by atoms with Crippen LogP contribution < -0.4 is 0 Å². The molecule has 0 spiro atoms. The molecule has 4 nitrogen and oxygen atoms in total. The number of benzene rings is 1. The van der Waals surface area contributed by atoms with Crippen LogP contribution in [0.1, 0.15) is 11.1 Å². The summed E-state index contributed by atoms with van der Waals surface area (Å²) < 4.78 is 5.45. The number of nitrogens with zero attached hydrogens (tertiary/aromatic N) is 1. The fourth-order valence-electron chi connectivity index (χ4n) is 1.25. The van der Waals surface area contributed by atoms with E-state index in [9.17, 15) is 4.79 Å². The Kier molecular flexibility index (Phi) is 5.24. The van der Waals surface area contributed by atoms with E-state index >= 15 is 0 Å². The third-order valence-corrected chi connectivity index (χ3v) is 2.80. The van der Waals surface area contributed by atoms with Crippen LogP contribution in [0.15, 0.2) is 29.4 Å². The number of rotatable bonds is 4. The predicted molar refractivity (Wildman–Crippen MR) is 69.7 cm³/mol. The molecule has 0 amide bonds. The number of ether oxygens (including phenoxy) is 1. The van der Waals surface area contributed by atoms with Crippen LogP contribution in [-0.2, 0) is 18.8 Å². The minimum Gasteiger partial charge on any atom is -0.464 e. The molecular formula is C11H12INO3. The van der Waals surface area contributed by atoms with Crippen LogP contribution in [0.25, 0.3) is 0 Å². The van der Waals surface area contributed by atoms with Crippen molar-refractivity contribution in [3.63, 3.8) is 0 Å². The summed E-state index contributed by atoms with van der Waals surface area (Å²) in [5.74, 6) is -0.501. The van der Waals surface area contributed by atoms with Gasteiger partial charge >= 0.3 is 5.97 Å². The molecule has 5 heteroatoms. The average molecular weight is 333 g/mol. The van der Waals surface area contributed by atoms with Crippen LogP contribution in [-0.4, -0.2) is 25.9 Å². The Morgan fingerprint density at radius 1 is 1.38 bits per heavy atom. The van der Waals surface area contributed by atoms with E-state index in [0.717, 1.165) is 15.6 Å². The van der Waals surface area contributed by atoms with Gasteiger partial charge in [-0.15, -0.1) is 0 Å². The van der Waals surface area contributed by atoms with Gasteiger partial charge in [-0.05, 0) is 5.56 Å². The third kappa shape index (κ3) is 2.94. The molecule has 1 rings (SSSR count). The molecule has 0 atom stereocenters. The third-order valence-electron chi connectivity index (χ3n) is 1.98. The summed E-state index contributed by atoms with van der Waals surface area (Å²) in [6, 6.07) is 7.52. The molecule has 0 saturated heterocycles. The molecule has 0 fully saturated rings. The number of hydrogen-bond donors (Lipinski definition) is 0. The zero-order valence-corrected chi connectivity index (χ0v) is 11.2. The summed E-state index contributed by atoms with van der Waals surface area (Å²) in [5, 5.41) is 3.71.